The van der Waals surface area contributed by atoms with Crippen LogP contribution in [-0.4, -0.2) is 23.9 Å². The number of hydrogen-bond acceptors (Lipinski definition) is 3. The van der Waals surface area contributed by atoms with Crippen LogP contribution in [0.2, 0.25) is 0 Å². The monoisotopic (exact) mass is 340 g/mol. The van der Waals surface area contributed by atoms with Crippen LogP contribution in [0.5, 0.6) is 0 Å². The summed E-state index contributed by atoms with van der Waals surface area (Å²) in [6.45, 7) is 4.10. The molecule has 0 saturated carbocycles. The number of nitrogens with zero attached hydrogens (tertiary/aromatic N) is 1. The molecule has 24 heavy (non-hydrogen) atoms. The molecule has 3 nitrogen and oxygen atoms in total. The molecule has 4 heteroatoms. The van der Waals surface area contributed by atoms with Crippen molar-refractivity contribution in [3.8, 4) is 0 Å². The van der Waals surface area contributed by atoms with Gasteiger partial charge in [-0.05, 0) is 68.0 Å². The van der Waals surface area contributed by atoms with Crippen LogP contribution < -0.4 is 5.32 Å². The van der Waals surface area contributed by atoms with Crippen LogP contribution in [0.4, 0.5) is 0 Å². The highest BCUT2D eigenvalue weighted by Gasteiger charge is 2.18. The zero-order valence-electron chi connectivity index (χ0n) is 14.0. The van der Waals surface area contributed by atoms with Crippen LogP contribution in [0.25, 0.3) is 0 Å². The second-order valence-corrected chi connectivity index (χ2v) is 8.03. The predicted octanol–water partition coefficient (Wildman–Crippen LogP) is 3.76. The standard InChI is InChI=1S/C20H24N2OS/c23-20(19-12-17-4-3-5-18(17)24-19)21-13-15-6-8-16(9-7-15)14-22-10-1-2-11-22/h6-9,12H,1-5,10-11,13-14H2,(H,21,23). The summed E-state index contributed by atoms with van der Waals surface area (Å²) < 4.78 is 0. The Morgan fingerprint density at radius 2 is 1.79 bits per heavy atom. The Hall–Kier alpha value is -1.65. The van der Waals surface area contributed by atoms with Crippen molar-refractivity contribution in [2.75, 3.05) is 13.1 Å². The third-order valence-electron chi connectivity index (χ3n) is 5.05. The Kier molecular flexibility index (Phi) is 4.67. The SMILES string of the molecule is O=C(NCc1ccc(CN2CCCC2)cc1)c1cc2c(s1)CCC2. The van der Waals surface area contributed by atoms with Gasteiger partial charge in [0.1, 0.15) is 0 Å². The zero-order chi connectivity index (χ0) is 16.4. The lowest BCUT2D eigenvalue weighted by Gasteiger charge is -2.14. The highest BCUT2D eigenvalue weighted by atomic mass is 32.1. The molecule has 0 atom stereocenters. The van der Waals surface area contributed by atoms with Crippen molar-refractivity contribution >= 4 is 17.2 Å². The summed E-state index contributed by atoms with van der Waals surface area (Å²) >= 11 is 1.67. The van der Waals surface area contributed by atoms with E-state index >= 15 is 0 Å². The summed E-state index contributed by atoms with van der Waals surface area (Å²) in [6, 6.07) is 10.8. The molecule has 1 aromatic heterocycles. The Morgan fingerprint density at radius 3 is 2.54 bits per heavy atom. The van der Waals surface area contributed by atoms with Gasteiger partial charge < -0.3 is 5.32 Å². The Labute approximate surface area is 147 Å². The van der Waals surface area contributed by atoms with E-state index < -0.39 is 0 Å². The van der Waals surface area contributed by atoms with Crippen molar-refractivity contribution < 1.29 is 4.79 Å². The fraction of sp³-hybridized carbons (Fsp3) is 0.450. The fourth-order valence-electron chi connectivity index (χ4n) is 3.67. The van der Waals surface area contributed by atoms with Crippen LogP contribution in [0.3, 0.4) is 0 Å². The maximum absolute atomic E-state index is 12.3. The van der Waals surface area contributed by atoms with Gasteiger partial charge in [0.05, 0.1) is 4.88 Å². The van der Waals surface area contributed by atoms with Gasteiger partial charge >= 0.3 is 0 Å². The lowest BCUT2D eigenvalue weighted by atomic mass is 10.1. The highest BCUT2D eigenvalue weighted by molar-refractivity contribution is 7.14. The molecule has 1 N–H and O–H groups in total. The van der Waals surface area contributed by atoms with Gasteiger partial charge in [-0.1, -0.05) is 24.3 Å². The smallest absolute Gasteiger partial charge is 0.261 e. The van der Waals surface area contributed by atoms with Gasteiger partial charge in [0.2, 0.25) is 0 Å². The molecule has 1 fully saturated rings. The Bertz CT molecular complexity index is 692. The van der Waals surface area contributed by atoms with E-state index in [1.807, 2.05) is 0 Å². The number of carbonyl (C=O) groups excluding carboxylic acids is 1. The molecule has 1 amide bonds. The minimum absolute atomic E-state index is 0.0653. The first kappa shape index (κ1) is 15.9. The quantitative estimate of drug-likeness (QED) is 0.899. The summed E-state index contributed by atoms with van der Waals surface area (Å²) in [5.41, 5.74) is 3.91. The summed E-state index contributed by atoms with van der Waals surface area (Å²) in [4.78, 5) is 17.1. The lowest BCUT2D eigenvalue weighted by molar-refractivity contribution is 0.0955. The maximum atomic E-state index is 12.3. The van der Waals surface area contributed by atoms with E-state index in [1.165, 1.54) is 48.4 Å². The minimum atomic E-state index is 0.0653. The minimum Gasteiger partial charge on any atom is -0.347 e. The van der Waals surface area contributed by atoms with Crippen LogP contribution in [0, 0.1) is 0 Å². The number of likely N-dealkylation sites (tertiary alicyclic amines) is 1. The van der Waals surface area contributed by atoms with Gasteiger partial charge in [-0.3, -0.25) is 9.69 Å². The molecule has 1 aromatic carbocycles. The Balaban J connectivity index is 1.30. The second kappa shape index (κ2) is 7.08. The van der Waals surface area contributed by atoms with Crippen molar-refractivity contribution in [1.82, 2.24) is 10.2 Å². The molecule has 1 aliphatic carbocycles. The van der Waals surface area contributed by atoms with Gasteiger partial charge in [-0.15, -0.1) is 11.3 Å². The molecule has 1 saturated heterocycles. The van der Waals surface area contributed by atoms with E-state index in [2.05, 4.69) is 40.5 Å². The maximum Gasteiger partial charge on any atom is 0.261 e. The first-order valence-electron chi connectivity index (χ1n) is 8.98. The van der Waals surface area contributed by atoms with E-state index in [1.54, 1.807) is 11.3 Å². The van der Waals surface area contributed by atoms with Gasteiger partial charge in [0.25, 0.3) is 5.91 Å². The molecule has 2 heterocycles. The number of benzene rings is 1. The van der Waals surface area contributed by atoms with Crippen LogP contribution in [0.15, 0.2) is 30.3 Å². The molecule has 2 aromatic rings. The van der Waals surface area contributed by atoms with E-state index in [-0.39, 0.29) is 5.91 Å². The van der Waals surface area contributed by atoms with Crippen molar-refractivity contribution in [1.29, 1.82) is 0 Å². The van der Waals surface area contributed by atoms with Crippen LogP contribution in [0.1, 0.15) is 50.5 Å². The average Bonchev–Trinajstić information content (AvgIpc) is 3.31. The van der Waals surface area contributed by atoms with Crippen molar-refractivity contribution in [2.45, 2.75) is 45.2 Å². The topological polar surface area (TPSA) is 32.3 Å². The molecular formula is C20H24N2OS. The number of carbonyl (C=O) groups is 1. The van der Waals surface area contributed by atoms with Gasteiger partial charge in [0, 0.05) is 18.0 Å². The van der Waals surface area contributed by atoms with Gasteiger partial charge in [0.15, 0.2) is 0 Å². The number of hydrogen-bond donors (Lipinski definition) is 1. The van der Waals surface area contributed by atoms with Gasteiger partial charge in [-0.25, -0.2) is 0 Å². The predicted molar refractivity (Wildman–Crippen MR) is 98.5 cm³/mol. The van der Waals surface area contributed by atoms with E-state index in [0.29, 0.717) is 6.54 Å². The number of thiophene rings is 1. The number of amides is 1. The number of fused-ring (bicyclic) bond motifs is 1. The van der Waals surface area contributed by atoms with Crippen molar-refractivity contribution in [2.24, 2.45) is 0 Å². The third-order valence-corrected chi connectivity index (χ3v) is 6.29. The lowest BCUT2D eigenvalue weighted by Crippen LogP contribution is -2.22. The molecule has 126 valence electrons. The average molecular weight is 340 g/mol. The summed E-state index contributed by atoms with van der Waals surface area (Å²) in [5.74, 6) is 0.0653. The summed E-state index contributed by atoms with van der Waals surface area (Å²) in [5, 5.41) is 3.06. The Morgan fingerprint density at radius 1 is 1.04 bits per heavy atom. The van der Waals surface area contributed by atoms with Crippen LogP contribution in [-0.2, 0) is 25.9 Å². The first-order valence-corrected chi connectivity index (χ1v) is 9.79. The summed E-state index contributed by atoms with van der Waals surface area (Å²) in [7, 11) is 0. The zero-order valence-corrected chi connectivity index (χ0v) is 14.8. The molecule has 1 aliphatic heterocycles. The van der Waals surface area contributed by atoms with E-state index in [4.69, 9.17) is 0 Å². The second-order valence-electron chi connectivity index (χ2n) is 6.90. The van der Waals surface area contributed by atoms with Gasteiger partial charge in [-0.2, -0.15) is 0 Å². The fourth-order valence-corrected chi connectivity index (χ4v) is 4.84. The normalized spacial score (nSPS) is 17.2. The third kappa shape index (κ3) is 3.55. The molecule has 4 rings (SSSR count). The van der Waals surface area contributed by atoms with Crippen LogP contribution >= 0.6 is 11.3 Å². The van der Waals surface area contributed by atoms with Crippen molar-refractivity contribution in [3.05, 3.63) is 56.8 Å². The molecular weight excluding hydrogens is 316 g/mol. The highest BCUT2D eigenvalue weighted by Crippen LogP contribution is 2.30. The van der Waals surface area contributed by atoms with E-state index in [9.17, 15) is 4.79 Å². The molecule has 2 aliphatic rings. The van der Waals surface area contributed by atoms with E-state index in [0.717, 1.165) is 29.8 Å². The molecule has 0 unspecified atom stereocenters. The number of rotatable bonds is 5. The van der Waals surface area contributed by atoms with Crippen molar-refractivity contribution in [3.63, 3.8) is 0 Å². The largest absolute Gasteiger partial charge is 0.347 e. The molecule has 0 spiro atoms. The molecule has 0 bridgehead atoms. The first-order chi connectivity index (χ1) is 11.8. The molecule has 0 radical (unpaired) electrons. The number of nitrogens with one attached hydrogen (secondary N) is 1. The summed E-state index contributed by atoms with van der Waals surface area (Å²) in [6.07, 6.45) is 6.18. The number of aryl methyl sites for hydroxylation is 2.